The van der Waals surface area contributed by atoms with Crippen LogP contribution < -0.4 is 4.74 Å². The van der Waals surface area contributed by atoms with Crippen LogP contribution in [0.25, 0.3) is 0 Å². The lowest BCUT2D eigenvalue weighted by Gasteiger charge is -2.03. The quantitative estimate of drug-likeness (QED) is 0.686. The number of methoxy groups -OCH3 is 1. The largest absolute Gasteiger partial charge is 0.491 e. The lowest BCUT2D eigenvalue weighted by Crippen LogP contribution is -2.06. The summed E-state index contributed by atoms with van der Waals surface area (Å²) in [6, 6.07) is 1.92. The maximum absolute atomic E-state index is 11.1. The normalized spacial score (nSPS) is 18.1. The minimum atomic E-state index is -0.269. The van der Waals surface area contributed by atoms with Crippen LogP contribution in [0.5, 0.6) is 5.75 Å². The van der Waals surface area contributed by atoms with Gasteiger partial charge in [-0.15, -0.1) is 0 Å². The fraction of sp³-hybridized carbons (Fsp3) is 0.455. The Hall–Kier alpha value is -1.58. The molecule has 1 atom stereocenters. The van der Waals surface area contributed by atoms with Crippen molar-refractivity contribution in [1.82, 2.24) is 4.98 Å². The van der Waals surface area contributed by atoms with Crippen molar-refractivity contribution in [3.8, 4) is 5.75 Å². The highest BCUT2D eigenvalue weighted by molar-refractivity contribution is 5.71. The summed E-state index contributed by atoms with van der Waals surface area (Å²) < 4.78 is 10.0. The summed E-state index contributed by atoms with van der Waals surface area (Å²) >= 11 is 0. The van der Waals surface area contributed by atoms with E-state index in [1.165, 1.54) is 7.11 Å². The molecule has 1 aromatic rings. The second-order valence-electron chi connectivity index (χ2n) is 3.68. The number of pyridine rings is 1. The minimum Gasteiger partial charge on any atom is -0.491 e. The molecular formula is C11H13NO3. The number of fused-ring (bicyclic) bond motifs is 1. The van der Waals surface area contributed by atoms with Gasteiger partial charge in [0.2, 0.25) is 0 Å². The van der Waals surface area contributed by atoms with Crippen LogP contribution >= 0.6 is 0 Å². The van der Waals surface area contributed by atoms with Crippen molar-refractivity contribution in [2.45, 2.75) is 19.3 Å². The molecule has 1 aliphatic rings. The van der Waals surface area contributed by atoms with Gasteiger partial charge >= 0.3 is 5.97 Å². The Morgan fingerprint density at radius 2 is 2.53 bits per heavy atom. The summed E-state index contributed by atoms with van der Waals surface area (Å²) in [5.41, 5.74) is 1.86. The molecule has 0 saturated heterocycles. The van der Waals surface area contributed by atoms with Gasteiger partial charge in [-0.3, -0.25) is 9.78 Å². The smallest absolute Gasteiger partial charge is 0.311 e. The van der Waals surface area contributed by atoms with E-state index in [4.69, 9.17) is 4.74 Å². The van der Waals surface area contributed by atoms with Gasteiger partial charge in [-0.2, -0.15) is 0 Å². The molecule has 0 spiro atoms. The number of ether oxygens (including phenoxy) is 2. The van der Waals surface area contributed by atoms with E-state index in [0.29, 0.717) is 12.5 Å². The van der Waals surface area contributed by atoms with Gasteiger partial charge in [-0.1, -0.05) is 6.92 Å². The molecule has 0 amide bonds. The molecule has 15 heavy (non-hydrogen) atoms. The van der Waals surface area contributed by atoms with Crippen molar-refractivity contribution < 1.29 is 14.3 Å². The second kappa shape index (κ2) is 3.88. The summed E-state index contributed by atoms with van der Waals surface area (Å²) in [6.45, 7) is 2.78. The maximum Gasteiger partial charge on any atom is 0.311 e. The van der Waals surface area contributed by atoms with Gasteiger partial charge in [-0.05, 0) is 6.07 Å². The van der Waals surface area contributed by atoms with Gasteiger partial charge in [0.05, 0.1) is 32.0 Å². The van der Waals surface area contributed by atoms with E-state index in [-0.39, 0.29) is 12.4 Å². The van der Waals surface area contributed by atoms with Crippen molar-refractivity contribution in [3.05, 3.63) is 23.5 Å². The summed E-state index contributed by atoms with van der Waals surface area (Å²) in [5, 5.41) is 0. The van der Waals surface area contributed by atoms with Gasteiger partial charge in [0.15, 0.2) is 0 Å². The van der Waals surface area contributed by atoms with Gasteiger partial charge in [0.1, 0.15) is 5.75 Å². The van der Waals surface area contributed by atoms with Crippen molar-refractivity contribution in [2.24, 2.45) is 0 Å². The van der Waals surface area contributed by atoms with Crippen LogP contribution in [0, 0.1) is 0 Å². The van der Waals surface area contributed by atoms with Crippen LogP contribution in [0.4, 0.5) is 0 Å². The van der Waals surface area contributed by atoms with Crippen molar-refractivity contribution >= 4 is 5.97 Å². The zero-order valence-corrected chi connectivity index (χ0v) is 8.82. The molecule has 2 heterocycles. The minimum absolute atomic E-state index is 0.219. The highest BCUT2D eigenvalue weighted by Gasteiger charge is 2.21. The molecule has 0 saturated carbocycles. The average Bonchev–Trinajstić information content (AvgIpc) is 2.60. The Morgan fingerprint density at radius 3 is 3.27 bits per heavy atom. The van der Waals surface area contributed by atoms with Crippen LogP contribution in [0.15, 0.2) is 12.3 Å². The van der Waals surface area contributed by atoms with E-state index in [9.17, 15) is 4.79 Å². The molecule has 0 bridgehead atoms. The molecule has 0 aliphatic carbocycles. The molecule has 0 N–H and O–H groups in total. The third kappa shape index (κ3) is 1.93. The van der Waals surface area contributed by atoms with Crippen molar-refractivity contribution in [2.75, 3.05) is 13.7 Å². The van der Waals surface area contributed by atoms with Gasteiger partial charge in [0, 0.05) is 11.5 Å². The van der Waals surface area contributed by atoms with E-state index in [1.54, 1.807) is 6.20 Å². The molecule has 4 heteroatoms. The van der Waals surface area contributed by atoms with Crippen LogP contribution in [-0.4, -0.2) is 24.7 Å². The van der Waals surface area contributed by atoms with Crippen LogP contribution in [-0.2, 0) is 16.0 Å². The number of rotatable bonds is 2. The number of carbonyl (C=O) groups excluding carboxylic acids is 1. The first kappa shape index (κ1) is 9.96. The SMILES string of the molecule is COC(=O)Cc1cc2c(cn1)OCC2C. The Morgan fingerprint density at radius 1 is 1.73 bits per heavy atom. The molecular weight excluding hydrogens is 194 g/mol. The number of hydrogen-bond acceptors (Lipinski definition) is 4. The third-order valence-electron chi connectivity index (χ3n) is 2.53. The molecule has 4 nitrogen and oxygen atoms in total. The Labute approximate surface area is 88.2 Å². The predicted octanol–water partition coefficient (Wildman–Crippen LogP) is 1.29. The first-order chi connectivity index (χ1) is 7.20. The highest BCUT2D eigenvalue weighted by atomic mass is 16.5. The number of nitrogens with zero attached hydrogens (tertiary/aromatic N) is 1. The molecule has 0 fully saturated rings. The molecule has 0 radical (unpaired) electrons. The monoisotopic (exact) mass is 207 g/mol. The van der Waals surface area contributed by atoms with E-state index in [0.717, 1.165) is 17.0 Å². The van der Waals surface area contributed by atoms with Crippen LogP contribution in [0.3, 0.4) is 0 Å². The lowest BCUT2D eigenvalue weighted by molar-refractivity contribution is -0.139. The van der Waals surface area contributed by atoms with E-state index < -0.39 is 0 Å². The standard InChI is InChI=1S/C11H13NO3/c1-7-6-15-10-5-12-8(3-9(7)10)4-11(13)14-2/h3,5,7H,4,6H2,1-2H3. The topological polar surface area (TPSA) is 48.4 Å². The highest BCUT2D eigenvalue weighted by Crippen LogP contribution is 2.32. The van der Waals surface area contributed by atoms with Gasteiger partial charge in [-0.25, -0.2) is 0 Å². The fourth-order valence-electron chi connectivity index (χ4n) is 1.63. The van der Waals surface area contributed by atoms with Crippen molar-refractivity contribution in [1.29, 1.82) is 0 Å². The second-order valence-corrected chi connectivity index (χ2v) is 3.68. The Kier molecular flexibility index (Phi) is 2.58. The molecule has 80 valence electrons. The molecule has 1 unspecified atom stereocenters. The van der Waals surface area contributed by atoms with Crippen LogP contribution in [0.1, 0.15) is 24.1 Å². The van der Waals surface area contributed by atoms with Crippen molar-refractivity contribution in [3.63, 3.8) is 0 Å². The number of aromatic nitrogens is 1. The summed E-state index contributed by atoms with van der Waals surface area (Å²) in [6.07, 6.45) is 1.90. The molecule has 0 aromatic carbocycles. The fourth-order valence-corrected chi connectivity index (χ4v) is 1.63. The number of esters is 1. The Balaban J connectivity index is 2.21. The van der Waals surface area contributed by atoms with Gasteiger partial charge in [0.25, 0.3) is 0 Å². The van der Waals surface area contributed by atoms with E-state index in [2.05, 4.69) is 16.6 Å². The van der Waals surface area contributed by atoms with E-state index in [1.807, 2.05) is 6.07 Å². The first-order valence-corrected chi connectivity index (χ1v) is 4.89. The number of carbonyl (C=O) groups is 1. The first-order valence-electron chi connectivity index (χ1n) is 4.89. The zero-order valence-electron chi connectivity index (χ0n) is 8.82. The lowest BCUT2D eigenvalue weighted by atomic mass is 10.0. The third-order valence-corrected chi connectivity index (χ3v) is 2.53. The maximum atomic E-state index is 11.1. The summed E-state index contributed by atoms with van der Waals surface area (Å²) in [7, 11) is 1.38. The predicted molar refractivity (Wildman–Crippen MR) is 53.9 cm³/mol. The zero-order chi connectivity index (χ0) is 10.8. The Bertz CT molecular complexity index is 389. The molecule has 1 aliphatic heterocycles. The average molecular weight is 207 g/mol. The van der Waals surface area contributed by atoms with Crippen LogP contribution in [0.2, 0.25) is 0 Å². The number of hydrogen-bond donors (Lipinski definition) is 0. The molecule has 1 aromatic heterocycles. The van der Waals surface area contributed by atoms with Gasteiger partial charge < -0.3 is 9.47 Å². The van der Waals surface area contributed by atoms with E-state index >= 15 is 0 Å². The summed E-state index contributed by atoms with van der Waals surface area (Å²) in [4.78, 5) is 15.2. The summed E-state index contributed by atoms with van der Waals surface area (Å²) in [5.74, 6) is 0.935. The molecule has 2 rings (SSSR count).